The van der Waals surface area contributed by atoms with Crippen molar-refractivity contribution in [2.24, 2.45) is 0 Å². The van der Waals surface area contributed by atoms with Crippen molar-refractivity contribution in [3.05, 3.63) is 0 Å². The minimum atomic E-state index is -1.05. The average Bonchev–Trinajstić information content (AvgIpc) is 2.27. The first-order chi connectivity index (χ1) is 8.02. The molecule has 7 nitrogen and oxygen atoms in total. The molecule has 0 aromatic rings. The third-order valence-corrected chi connectivity index (χ3v) is 3.45. The van der Waals surface area contributed by atoms with Gasteiger partial charge in [-0.05, 0) is 0 Å². The van der Waals surface area contributed by atoms with E-state index < -0.39 is 24.0 Å². The van der Waals surface area contributed by atoms with E-state index >= 15 is 0 Å². The number of hydrogen-bond acceptors (Lipinski definition) is 9. The summed E-state index contributed by atoms with van der Waals surface area (Å²) >= 11 is 9.03. The van der Waals surface area contributed by atoms with Crippen molar-refractivity contribution < 1.29 is 23.4 Å². The number of nitrogens with one attached hydrogen (secondary N) is 2. The van der Waals surface area contributed by atoms with E-state index in [1.165, 1.54) is 0 Å². The Kier molecular flexibility index (Phi) is 10.3. The summed E-state index contributed by atoms with van der Waals surface area (Å²) in [5.41, 5.74) is 0. The molecule has 100 valence electrons. The number of thiol groups is 2. The van der Waals surface area contributed by atoms with Gasteiger partial charge < -0.3 is 10.2 Å². The second-order valence-electron chi connectivity index (χ2n) is 2.62. The summed E-state index contributed by atoms with van der Waals surface area (Å²) in [7, 11) is 0. The van der Waals surface area contributed by atoms with Gasteiger partial charge in [0.25, 0.3) is 0 Å². The Morgan fingerprint density at radius 2 is 1.41 bits per heavy atom. The van der Waals surface area contributed by atoms with Gasteiger partial charge in [-0.25, -0.2) is 13.1 Å². The predicted octanol–water partition coefficient (Wildman–Crippen LogP) is 0.0746. The zero-order valence-corrected chi connectivity index (χ0v) is 11.8. The largest absolute Gasteiger partial charge is 0.480 e. The van der Waals surface area contributed by atoms with E-state index in [4.69, 9.17) is 13.8 Å². The monoisotopic (exact) mass is 320 g/mol. The van der Waals surface area contributed by atoms with Crippen LogP contribution in [0, 0.1) is 0 Å². The van der Waals surface area contributed by atoms with Crippen LogP contribution >= 0.6 is 49.7 Å². The minimum absolute atomic E-state index is 0.109. The summed E-state index contributed by atoms with van der Waals surface area (Å²) in [6.45, 7) is 0. The smallest absolute Gasteiger partial charge is 0.322 e. The van der Waals surface area contributed by atoms with Crippen molar-refractivity contribution in [3.63, 3.8) is 0 Å². The van der Waals surface area contributed by atoms with E-state index in [-0.39, 0.29) is 11.5 Å². The number of carboxylic acids is 2. The molecule has 0 saturated heterocycles. The van der Waals surface area contributed by atoms with E-state index in [0.717, 1.165) is 0 Å². The average molecular weight is 320 g/mol. The fourth-order valence-corrected chi connectivity index (χ4v) is 2.30. The Bertz CT molecular complexity index is 233. The molecule has 17 heavy (non-hydrogen) atoms. The third-order valence-electron chi connectivity index (χ3n) is 1.41. The third kappa shape index (κ3) is 8.02. The van der Waals surface area contributed by atoms with Crippen molar-refractivity contribution in [2.75, 3.05) is 11.5 Å². The molecule has 0 amide bonds. The van der Waals surface area contributed by atoms with Gasteiger partial charge in [-0.3, -0.25) is 9.59 Å². The molecule has 0 aromatic heterocycles. The Labute approximate surface area is 118 Å². The highest BCUT2D eigenvalue weighted by molar-refractivity contribution is 8.06. The van der Waals surface area contributed by atoms with Crippen molar-refractivity contribution >= 4 is 61.7 Å². The molecule has 0 spiro atoms. The molecule has 11 heteroatoms. The van der Waals surface area contributed by atoms with Crippen LogP contribution in [-0.4, -0.2) is 45.7 Å². The molecule has 0 aliphatic heterocycles. The SMILES string of the molecule is O=C(O)[C@H](CS)NSOSN[C@@H](CS)C(=O)O. The molecular weight excluding hydrogens is 308 g/mol. The maximum atomic E-state index is 10.5. The highest BCUT2D eigenvalue weighted by Crippen LogP contribution is 2.11. The zero-order valence-electron chi connectivity index (χ0n) is 8.40. The Morgan fingerprint density at radius 3 is 1.65 bits per heavy atom. The first kappa shape index (κ1) is 17.2. The van der Waals surface area contributed by atoms with Gasteiger partial charge in [0, 0.05) is 11.5 Å². The molecule has 0 saturated carbocycles. The molecule has 0 aliphatic carbocycles. The number of carboxylic acid groups (broad SMARTS) is 2. The summed E-state index contributed by atoms with van der Waals surface area (Å²) in [6, 6.07) is -1.69. The normalized spacial score (nSPS) is 14.2. The lowest BCUT2D eigenvalue weighted by Gasteiger charge is -2.11. The fourth-order valence-electron chi connectivity index (χ4n) is 0.504. The topological polar surface area (TPSA) is 108 Å². The van der Waals surface area contributed by atoms with Gasteiger partial charge >= 0.3 is 11.9 Å². The van der Waals surface area contributed by atoms with E-state index in [0.29, 0.717) is 24.5 Å². The standard InChI is InChI=1S/C6H12N2O5S4/c9-5(10)3(1-14)7-16-13-17-8-4(2-15)6(11)12/h3-4,7-8,14-15H,1-2H2,(H,9,10)(H,11,12)/t3-,4-/m0/s1. The maximum Gasteiger partial charge on any atom is 0.322 e. The lowest BCUT2D eigenvalue weighted by Crippen LogP contribution is -2.35. The van der Waals surface area contributed by atoms with Gasteiger partial charge in [0.1, 0.15) is 12.1 Å². The lowest BCUT2D eigenvalue weighted by atomic mass is 10.4. The second-order valence-corrected chi connectivity index (χ2v) is 4.70. The van der Waals surface area contributed by atoms with Gasteiger partial charge in [-0.2, -0.15) is 25.3 Å². The van der Waals surface area contributed by atoms with Crippen LogP contribution in [0.1, 0.15) is 0 Å². The number of aliphatic carboxylic acids is 2. The number of carbonyl (C=O) groups is 2. The quantitative estimate of drug-likeness (QED) is 0.144. The Morgan fingerprint density at radius 1 is 1.06 bits per heavy atom. The maximum absolute atomic E-state index is 10.5. The highest BCUT2D eigenvalue weighted by atomic mass is 32.2. The molecule has 2 atom stereocenters. The molecule has 0 bridgehead atoms. The summed E-state index contributed by atoms with van der Waals surface area (Å²) in [5, 5.41) is 17.3. The molecule has 0 radical (unpaired) electrons. The molecular formula is C6H12N2O5S4. The summed E-state index contributed by atoms with van der Waals surface area (Å²) in [5.74, 6) is -1.88. The van der Waals surface area contributed by atoms with E-state index in [9.17, 15) is 9.59 Å². The number of rotatable bonds is 10. The molecule has 0 rings (SSSR count). The predicted molar refractivity (Wildman–Crippen MR) is 73.1 cm³/mol. The molecule has 0 unspecified atom stereocenters. The number of hydrogen-bond donors (Lipinski definition) is 6. The van der Waals surface area contributed by atoms with Crippen LogP contribution in [0.4, 0.5) is 0 Å². The molecule has 0 heterocycles. The highest BCUT2D eigenvalue weighted by Gasteiger charge is 2.17. The van der Waals surface area contributed by atoms with Crippen LogP contribution in [0.25, 0.3) is 0 Å². The Balaban J connectivity index is 3.64. The lowest BCUT2D eigenvalue weighted by molar-refractivity contribution is -0.139. The van der Waals surface area contributed by atoms with Gasteiger partial charge in [0.2, 0.25) is 0 Å². The summed E-state index contributed by atoms with van der Waals surface area (Å²) in [4.78, 5) is 21.1. The first-order valence-corrected chi connectivity index (χ1v) is 6.95. The second kappa shape index (κ2) is 10.2. The van der Waals surface area contributed by atoms with Crippen molar-refractivity contribution in [3.8, 4) is 0 Å². The molecule has 0 aliphatic rings. The Hall–Kier alpha value is 0.220. The molecule has 4 N–H and O–H groups in total. The van der Waals surface area contributed by atoms with Crippen LogP contribution in [0.3, 0.4) is 0 Å². The van der Waals surface area contributed by atoms with Crippen LogP contribution in [0.15, 0.2) is 0 Å². The molecule has 0 fully saturated rings. The molecule has 0 aromatic carbocycles. The van der Waals surface area contributed by atoms with Crippen LogP contribution in [-0.2, 0) is 13.2 Å². The summed E-state index contributed by atoms with van der Waals surface area (Å²) in [6.07, 6.45) is 0. The fraction of sp³-hybridized carbons (Fsp3) is 0.667. The van der Waals surface area contributed by atoms with Crippen molar-refractivity contribution in [1.82, 2.24) is 9.44 Å². The van der Waals surface area contributed by atoms with E-state index in [1.807, 2.05) is 0 Å². The van der Waals surface area contributed by atoms with Crippen LogP contribution < -0.4 is 9.44 Å². The van der Waals surface area contributed by atoms with Gasteiger partial charge in [-0.1, -0.05) is 0 Å². The van der Waals surface area contributed by atoms with Gasteiger partial charge in [-0.15, -0.1) is 0 Å². The van der Waals surface area contributed by atoms with Crippen molar-refractivity contribution in [2.45, 2.75) is 12.1 Å². The summed E-state index contributed by atoms with van der Waals surface area (Å²) < 4.78 is 9.78. The van der Waals surface area contributed by atoms with Crippen molar-refractivity contribution in [1.29, 1.82) is 0 Å². The van der Waals surface area contributed by atoms with E-state index in [1.54, 1.807) is 0 Å². The zero-order chi connectivity index (χ0) is 13.3. The van der Waals surface area contributed by atoms with Gasteiger partial charge in [0.05, 0.1) is 24.5 Å². The van der Waals surface area contributed by atoms with Crippen LogP contribution in [0.2, 0.25) is 0 Å². The van der Waals surface area contributed by atoms with Crippen LogP contribution in [0.5, 0.6) is 0 Å². The minimum Gasteiger partial charge on any atom is -0.480 e. The van der Waals surface area contributed by atoms with E-state index in [2.05, 4.69) is 34.7 Å². The van der Waals surface area contributed by atoms with Gasteiger partial charge in [0.15, 0.2) is 0 Å². The first-order valence-electron chi connectivity index (χ1n) is 4.20.